The maximum atomic E-state index is 12.6. The first-order chi connectivity index (χ1) is 12.1. The Hall–Kier alpha value is -2.67. The highest BCUT2D eigenvalue weighted by molar-refractivity contribution is 5.95. The van der Waals surface area contributed by atoms with E-state index in [2.05, 4.69) is 5.10 Å². The summed E-state index contributed by atoms with van der Waals surface area (Å²) in [7, 11) is 0. The minimum Gasteiger partial charge on any atom is -0.389 e. The Morgan fingerprint density at radius 1 is 1.24 bits per heavy atom. The maximum Gasteiger partial charge on any atom is 0.274 e. The van der Waals surface area contributed by atoms with E-state index in [0.717, 1.165) is 5.56 Å². The molecule has 132 valence electrons. The van der Waals surface area contributed by atoms with Crippen LogP contribution >= 0.6 is 0 Å². The van der Waals surface area contributed by atoms with E-state index in [-0.39, 0.29) is 31.4 Å². The van der Waals surface area contributed by atoms with Gasteiger partial charge in [-0.3, -0.25) is 14.3 Å². The molecule has 2 heterocycles. The van der Waals surface area contributed by atoms with Gasteiger partial charge in [-0.25, -0.2) is 0 Å². The van der Waals surface area contributed by atoms with Crippen LogP contribution in [0.1, 0.15) is 23.0 Å². The Labute approximate surface area is 146 Å². The van der Waals surface area contributed by atoms with Crippen LogP contribution in [0.4, 0.5) is 0 Å². The second-order valence-electron chi connectivity index (χ2n) is 6.16. The molecule has 25 heavy (non-hydrogen) atoms. The van der Waals surface area contributed by atoms with Gasteiger partial charge in [-0.05, 0) is 18.6 Å². The number of benzene rings is 1. The second kappa shape index (κ2) is 7.48. The van der Waals surface area contributed by atoms with Crippen molar-refractivity contribution in [2.75, 3.05) is 19.6 Å². The molecule has 1 fully saturated rings. The molecule has 0 spiro atoms. The average molecular weight is 342 g/mol. The number of aryl methyl sites for hydroxylation is 1. The van der Waals surface area contributed by atoms with Crippen molar-refractivity contribution in [3.05, 3.63) is 53.9 Å². The number of hydrogen-bond acceptors (Lipinski definition) is 4. The molecule has 2 amide bonds. The lowest BCUT2D eigenvalue weighted by atomic mass is 10.2. The molecule has 0 bridgehead atoms. The molecule has 7 nitrogen and oxygen atoms in total. The zero-order valence-corrected chi connectivity index (χ0v) is 14.2. The van der Waals surface area contributed by atoms with Gasteiger partial charge >= 0.3 is 0 Å². The highest BCUT2D eigenvalue weighted by atomic mass is 16.3. The molecule has 0 radical (unpaired) electrons. The normalized spacial score (nSPS) is 18.3. The summed E-state index contributed by atoms with van der Waals surface area (Å²) in [6, 6.07) is 11.2. The second-order valence-corrected chi connectivity index (χ2v) is 6.16. The van der Waals surface area contributed by atoms with Gasteiger partial charge < -0.3 is 14.9 Å². The molecule has 3 rings (SSSR count). The van der Waals surface area contributed by atoms with Gasteiger partial charge in [0.05, 0.1) is 6.10 Å². The molecule has 1 aromatic carbocycles. The van der Waals surface area contributed by atoms with Gasteiger partial charge in [0, 0.05) is 32.4 Å². The van der Waals surface area contributed by atoms with Crippen LogP contribution in [-0.2, 0) is 17.9 Å². The average Bonchev–Trinajstić information content (AvgIpc) is 3.04. The third-order valence-electron chi connectivity index (χ3n) is 4.23. The van der Waals surface area contributed by atoms with Gasteiger partial charge in [0.1, 0.15) is 12.2 Å². The minimum absolute atomic E-state index is 0.0539. The van der Waals surface area contributed by atoms with Gasteiger partial charge in [0.25, 0.3) is 5.91 Å². The molecular formula is C18H22N4O3. The van der Waals surface area contributed by atoms with Crippen LogP contribution < -0.4 is 0 Å². The summed E-state index contributed by atoms with van der Waals surface area (Å²) in [5.41, 5.74) is 1.28. The topological polar surface area (TPSA) is 78.7 Å². The highest BCUT2D eigenvalue weighted by Gasteiger charge is 2.30. The highest BCUT2D eigenvalue weighted by Crippen LogP contribution is 2.13. The van der Waals surface area contributed by atoms with E-state index in [4.69, 9.17) is 0 Å². The predicted molar refractivity (Wildman–Crippen MR) is 91.7 cm³/mol. The first-order valence-electron chi connectivity index (χ1n) is 8.39. The number of β-amino-alcohol motifs (C(OH)–C–C–N with tert-alkyl or cyclic N) is 1. The number of aliphatic hydroxyl groups excluding tert-OH is 1. The first-order valence-corrected chi connectivity index (χ1v) is 8.39. The molecule has 0 aliphatic carbocycles. The van der Waals surface area contributed by atoms with Crippen molar-refractivity contribution in [2.24, 2.45) is 0 Å². The Morgan fingerprint density at radius 2 is 2.00 bits per heavy atom. The SMILES string of the molecule is CCn1ccc(C(=O)N2CC(=O)N(Cc3ccccc3)CC(O)C2)n1. The summed E-state index contributed by atoms with van der Waals surface area (Å²) in [6.07, 6.45) is 0.942. The zero-order valence-electron chi connectivity index (χ0n) is 14.2. The molecular weight excluding hydrogens is 320 g/mol. The summed E-state index contributed by atoms with van der Waals surface area (Å²) in [5, 5.41) is 14.4. The molecule has 2 aromatic rings. The fraction of sp³-hybridized carbons (Fsp3) is 0.389. The van der Waals surface area contributed by atoms with E-state index >= 15 is 0 Å². The van der Waals surface area contributed by atoms with Gasteiger partial charge in [0.15, 0.2) is 0 Å². The van der Waals surface area contributed by atoms with Crippen molar-refractivity contribution in [3.8, 4) is 0 Å². The molecule has 1 aliphatic rings. The molecule has 7 heteroatoms. The van der Waals surface area contributed by atoms with E-state index in [1.807, 2.05) is 37.3 Å². The third kappa shape index (κ3) is 4.06. The summed E-state index contributed by atoms with van der Waals surface area (Å²) in [5.74, 6) is -0.509. The fourth-order valence-corrected chi connectivity index (χ4v) is 2.92. The van der Waals surface area contributed by atoms with Crippen LogP contribution in [0.15, 0.2) is 42.6 Å². The lowest BCUT2D eigenvalue weighted by Crippen LogP contribution is -2.39. The van der Waals surface area contributed by atoms with Crippen molar-refractivity contribution >= 4 is 11.8 Å². The molecule has 1 N–H and O–H groups in total. The Morgan fingerprint density at radius 3 is 2.68 bits per heavy atom. The van der Waals surface area contributed by atoms with Crippen LogP contribution in [0.5, 0.6) is 0 Å². The van der Waals surface area contributed by atoms with Gasteiger partial charge in [-0.2, -0.15) is 5.10 Å². The van der Waals surface area contributed by atoms with Crippen LogP contribution in [0.2, 0.25) is 0 Å². The van der Waals surface area contributed by atoms with Crippen molar-refractivity contribution in [2.45, 2.75) is 26.1 Å². The van der Waals surface area contributed by atoms with Crippen LogP contribution in [0.3, 0.4) is 0 Å². The van der Waals surface area contributed by atoms with Crippen molar-refractivity contribution in [1.82, 2.24) is 19.6 Å². The summed E-state index contributed by atoms with van der Waals surface area (Å²) >= 11 is 0. The Bertz CT molecular complexity index is 744. The predicted octanol–water partition coefficient (Wildman–Crippen LogP) is 0.748. The molecule has 1 atom stereocenters. The number of amides is 2. The first kappa shape index (κ1) is 17.2. The van der Waals surface area contributed by atoms with Gasteiger partial charge in [-0.15, -0.1) is 0 Å². The molecule has 1 aliphatic heterocycles. The fourth-order valence-electron chi connectivity index (χ4n) is 2.92. The lowest BCUT2D eigenvalue weighted by molar-refractivity contribution is -0.131. The van der Waals surface area contributed by atoms with Gasteiger partial charge in [-0.1, -0.05) is 30.3 Å². The lowest BCUT2D eigenvalue weighted by Gasteiger charge is -2.21. The Balaban J connectivity index is 1.72. The van der Waals surface area contributed by atoms with E-state index in [0.29, 0.717) is 18.8 Å². The van der Waals surface area contributed by atoms with E-state index in [1.165, 1.54) is 4.90 Å². The minimum atomic E-state index is -0.785. The van der Waals surface area contributed by atoms with E-state index < -0.39 is 6.10 Å². The quantitative estimate of drug-likeness (QED) is 0.889. The van der Waals surface area contributed by atoms with E-state index in [1.54, 1.807) is 21.8 Å². The smallest absolute Gasteiger partial charge is 0.274 e. The number of hydrogen-bond donors (Lipinski definition) is 1. The number of nitrogens with zero attached hydrogens (tertiary/aromatic N) is 4. The number of carbonyl (C=O) groups is 2. The van der Waals surface area contributed by atoms with Gasteiger partial charge in [0.2, 0.25) is 5.91 Å². The summed E-state index contributed by atoms with van der Waals surface area (Å²) in [4.78, 5) is 28.1. The maximum absolute atomic E-state index is 12.6. The number of carbonyl (C=O) groups excluding carboxylic acids is 2. The molecule has 1 aromatic heterocycles. The monoisotopic (exact) mass is 342 g/mol. The van der Waals surface area contributed by atoms with Crippen molar-refractivity contribution < 1.29 is 14.7 Å². The van der Waals surface area contributed by atoms with Crippen LogP contribution in [0.25, 0.3) is 0 Å². The third-order valence-corrected chi connectivity index (χ3v) is 4.23. The molecule has 1 saturated heterocycles. The molecule has 0 saturated carbocycles. The number of rotatable bonds is 4. The van der Waals surface area contributed by atoms with Crippen LogP contribution in [0, 0.1) is 0 Å². The van der Waals surface area contributed by atoms with Crippen molar-refractivity contribution in [3.63, 3.8) is 0 Å². The van der Waals surface area contributed by atoms with E-state index in [9.17, 15) is 14.7 Å². The largest absolute Gasteiger partial charge is 0.389 e. The summed E-state index contributed by atoms with van der Waals surface area (Å²) in [6.45, 7) is 3.29. The molecule has 1 unspecified atom stereocenters. The number of aliphatic hydroxyl groups is 1. The Kier molecular flexibility index (Phi) is 5.14. The van der Waals surface area contributed by atoms with Crippen LogP contribution in [-0.4, -0.2) is 62.2 Å². The van der Waals surface area contributed by atoms with Crippen molar-refractivity contribution in [1.29, 1.82) is 0 Å². The number of aromatic nitrogens is 2. The summed E-state index contributed by atoms with van der Waals surface area (Å²) < 4.78 is 1.66. The standard InChI is InChI=1S/C18H22N4O3/c1-2-22-9-8-16(19-22)18(25)21-12-15(23)11-20(17(24)13-21)10-14-6-4-3-5-7-14/h3-9,15,23H,2,10-13H2,1H3. The zero-order chi connectivity index (χ0) is 17.8.